The molecule has 142 valence electrons. The Morgan fingerprint density at radius 2 is 1.89 bits per heavy atom. The van der Waals surface area contributed by atoms with Gasteiger partial charge in [0.1, 0.15) is 0 Å². The quantitative estimate of drug-likeness (QED) is 0.646. The van der Waals surface area contributed by atoms with E-state index >= 15 is 0 Å². The Morgan fingerprint density at radius 1 is 1.15 bits per heavy atom. The number of amides is 1. The van der Waals surface area contributed by atoms with Crippen LogP contribution in [0, 0.1) is 12.8 Å². The zero-order chi connectivity index (χ0) is 19.2. The van der Waals surface area contributed by atoms with E-state index in [1.807, 2.05) is 51.1 Å². The van der Waals surface area contributed by atoms with Crippen molar-refractivity contribution in [3.05, 3.63) is 59.2 Å². The second-order valence-corrected chi connectivity index (χ2v) is 6.83. The van der Waals surface area contributed by atoms with E-state index in [9.17, 15) is 4.79 Å². The van der Waals surface area contributed by atoms with Gasteiger partial charge >= 0.3 is 0 Å². The van der Waals surface area contributed by atoms with Gasteiger partial charge in [-0.1, -0.05) is 37.6 Å². The fraction of sp³-hybridized carbons (Fsp3) is 0.333. The summed E-state index contributed by atoms with van der Waals surface area (Å²) in [6, 6.07) is 13.2. The zero-order valence-corrected chi connectivity index (χ0v) is 15.8. The number of rotatable bonds is 5. The van der Waals surface area contributed by atoms with Gasteiger partial charge in [0.2, 0.25) is 6.79 Å². The number of carbonyl (C=O) groups excluding carboxylic acids is 1. The van der Waals surface area contributed by atoms with Crippen molar-refractivity contribution in [2.24, 2.45) is 10.9 Å². The molecule has 27 heavy (non-hydrogen) atoms. The van der Waals surface area contributed by atoms with Crippen molar-refractivity contribution in [2.75, 3.05) is 13.4 Å². The van der Waals surface area contributed by atoms with Gasteiger partial charge in [-0.05, 0) is 42.7 Å². The van der Waals surface area contributed by atoms with E-state index in [1.54, 1.807) is 12.1 Å². The third-order valence-electron chi connectivity index (χ3n) is 3.93. The Morgan fingerprint density at radius 3 is 2.63 bits per heavy atom. The maximum Gasteiger partial charge on any atom is 0.292 e. The summed E-state index contributed by atoms with van der Waals surface area (Å²) < 4.78 is 16.4. The molecule has 6 heteroatoms. The van der Waals surface area contributed by atoms with E-state index in [0.29, 0.717) is 30.4 Å². The number of amidine groups is 1. The second kappa shape index (κ2) is 8.58. The third-order valence-corrected chi connectivity index (χ3v) is 3.93. The molecule has 0 unspecified atom stereocenters. The highest BCUT2D eigenvalue weighted by Crippen LogP contribution is 2.32. The zero-order valence-electron chi connectivity index (χ0n) is 15.8. The summed E-state index contributed by atoms with van der Waals surface area (Å²) in [6.07, 6.45) is 0. The van der Waals surface area contributed by atoms with E-state index in [4.69, 9.17) is 14.2 Å². The van der Waals surface area contributed by atoms with Crippen molar-refractivity contribution in [3.8, 4) is 11.5 Å². The van der Waals surface area contributed by atoms with Crippen LogP contribution in [0.2, 0.25) is 0 Å². The minimum atomic E-state index is -0.247. The monoisotopic (exact) mass is 368 g/mol. The van der Waals surface area contributed by atoms with Gasteiger partial charge in [0.15, 0.2) is 11.5 Å². The number of aliphatic imine (C=N–C) groups is 1. The number of nitrogens with zero attached hydrogens (tertiary/aromatic N) is 1. The van der Waals surface area contributed by atoms with Gasteiger partial charge in [-0.15, -0.1) is 0 Å². The van der Waals surface area contributed by atoms with Crippen molar-refractivity contribution in [1.29, 1.82) is 0 Å². The Bertz CT molecular complexity index is 829. The summed E-state index contributed by atoms with van der Waals surface area (Å²) in [6.45, 7) is 7.12. The summed E-state index contributed by atoms with van der Waals surface area (Å²) >= 11 is 0. The fourth-order valence-electron chi connectivity index (χ4n) is 2.44. The second-order valence-electron chi connectivity index (χ2n) is 6.83. The molecule has 2 aromatic rings. The molecule has 0 aromatic heterocycles. The van der Waals surface area contributed by atoms with Crippen LogP contribution >= 0.6 is 0 Å². The smallest absolute Gasteiger partial charge is 0.292 e. The van der Waals surface area contributed by atoms with Gasteiger partial charge in [0, 0.05) is 5.56 Å². The molecule has 0 fully saturated rings. The topological polar surface area (TPSA) is 69.2 Å². The number of hydrogen-bond donors (Lipinski definition) is 1. The minimum Gasteiger partial charge on any atom is -0.465 e. The largest absolute Gasteiger partial charge is 0.465 e. The molecular weight excluding hydrogens is 344 g/mol. The number of carbonyl (C=O) groups is 1. The lowest BCUT2D eigenvalue weighted by Gasteiger charge is -2.13. The highest BCUT2D eigenvalue weighted by atomic mass is 16.7. The van der Waals surface area contributed by atoms with Crippen LogP contribution in [0.5, 0.6) is 11.5 Å². The van der Waals surface area contributed by atoms with Crippen molar-refractivity contribution in [1.82, 2.24) is 5.32 Å². The molecule has 1 amide bonds. The molecule has 1 heterocycles. The molecular formula is C21H24N2O4. The number of aryl methyl sites for hydroxylation is 1. The van der Waals surface area contributed by atoms with Gasteiger partial charge in [0.05, 0.1) is 13.2 Å². The Labute approximate surface area is 159 Å². The maximum atomic E-state index is 12.5. The lowest BCUT2D eigenvalue weighted by atomic mass is 10.1. The van der Waals surface area contributed by atoms with Crippen LogP contribution in [0.1, 0.15) is 35.3 Å². The van der Waals surface area contributed by atoms with E-state index in [1.165, 1.54) is 0 Å². The van der Waals surface area contributed by atoms with E-state index in [0.717, 1.165) is 16.9 Å². The molecule has 0 aliphatic carbocycles. The average molecular weight is 368 g/mol. The van der Waals surface area contributed by atoms with Gasteiger partial charge in [-0.25, -0.2) is 4.99 Å². The maximum absolute atomic E-state index is 12.5. The lowest BCUT2D eigenvalue weighted by Crippen LogP contribution is -2.33. The molecule has 0 atom stereocenters. The van der Waals surface area contributed by atoms with Crippen molar-refractivity contribution >= 4 is 11.9 Å². The molecule has 0 bridgehead atoms. The molecule has 3 rings (SSSR count). The van der Waals surface area contributed by atoms with E-state index in [2.05, 4.69) is 10.3 Å². The summed E-state index contributed by atoms with van der Waals surface area (Å²) in [5.41, 5.74) is 2.60. The predicted molar refractivity (Wildman–Crippen MR) is 103 cm³/mol. The molecule has 2 aromatic carbocycles. The van der Waals surface area contributed by atoms with Gasteiger partial charge in [0.25, 0.3) is 11.9 Å². The van der Waals surface area contributed by atoms with Crippen molar-refractivity contribution < 1.29 is 19.0 Å². The molecule has 0 radical (unpaired) electrons. The van der Waals surface area contributed by atoms with Gasteiger partial charge < -0.3 is 14.2 Å². The molecule has 1 aliphatic heterocycles. The van der Waals surface area contributed by atoms with Gasteiger partial charge in [-0.3, -0.25) is 10.1 Å². The highest BCUT2D eigenvalue weighted by Gasteiger charge is 2.14. The lowest BCUT2D eigenvalue weighted by molar-refractivity contribution is 0.0963. The average Bonchev–Trinajstić information content (AvgIpc) is 3.12. The molecule has 1 N–H and O–H groups in total. The third kappa shape index (κ3) is 5.23. The minimum absolute atomic E-state index is 0.215. The molecule has 6 nitrogen and oxygen atoms in total. The van der Waals surface area contributed by atoms with Crippen LogP contribution in [0.15, 0.2) is 47.5 Å². The van der Waals surface area contributed by atoms with Crippen LogP contribution in [-0.2, 0) is 11.3 Å². The van der Waals surface area contributed by atoms with Crippen LogP contribution in [0.3, 0.4) is 0 Å². The van der Waals surface area contributed by atoms with Crippen LogP contribution < -0.4 is 14.8 Å². The standard InChI is InChI=1S/C21H24N2O4/c1-14(2)12-25-21(23-20(24)17-7-4-15(3)5-8-17)22-11-16-6-9-18-19(10-16)27-13-26-18/h4-10,14H,11-13H2,1-3H3,(H,22,23,24). The van der Waals surface area contributed by atoms with Gasteiger partial charge in [-0.2, -0.15) is 0 Å². The summed E-state index contributed by atoms with van der Waals surface area (Å²) in [5.74, 6) is 1.50. The normalized spacial score (nSPS) is 13.0. The molecule has 0 spiro atoms. The number of nitrogens with one attached hydrogen (secondary N) is 1. The highest BCUT2D eigenvalue weighted by molar-refractivity contribution is 6.04. The first-order valence-corrected chi connectivity index (χ1v) is 8.95. The number of fused-ring (bicyclic) bond motifs is 1. The van der Waals surface area contributed by atoms with Crippen LogP contribution in [-0.4, -0.2) is 25.3 Å². The number of ether oxygens (including phenoxy) is 3. The van der Waals surface area contributed by atoms with E-state index < -0.39 is 0 Å². The first kappa shape index (κ1) is 18.8. The van der Waals surface area contributed by atoms with Crippen LogP contribution in [0.4, 0.5) is 0 Å². The Kier molecular flexibility index (Phi) is 5.96. The first-order valence-electron chi connectivity index (χ1n) is 8.95. The fourth-order valence-corrected chi connectivity index (χ4v) is 2.44. The van der Waals surface area contributed by atoms with Crippen molar-refractivity contribution in [3.63, 3.8) is 0 Å². The number of benzene rings is 2. The Hall–Kier alpha value is -3.02. The van der Waals surface area contributed by atoms with E-state index in [-0.39, 0.29) is 18.7 Å². The predicted octanol–water partition coefficient (Wildman–Crippen LogP) is 3.68. The van der Waals surface area contributed by atoms with Crippen LogP contribution in [0.25, 0.3) is 0 Å². The summed E-state index contributed by atoms with van der Waals surface area (Å²) in [7, 11) is 0. The molecule has 1 aliphatic rings. The first-order chi connectivity index (χ1) is 13.0. The Balaban J connectivity index is 1.70. The summed E-state index contributed by atoms with van der Waals surface area (Å²) in [4.78, 5) is 16.9. The van der Waals surface area contributed by atoms with Crippen molar-refractivity contribution in [2.45, 2.75) is 27.3 Å². The molecule has 0 saturated heterocycles. The summed E-state index contributed by atoms with van der Waals surface area (Å²) in [5, 5.41) is 2.76. The number of hydrogen-bond acceptors (Lipinski definition) is 5. The SMILES string of the molecule is Cc1ccc(C(=O)NC(=NCc2ccc3c(c2)OCO3)OCC(C)C)cc1. The molecule has 0 saturated carbocycles.